The lowest BCUT2D eigenvalue weighted by Gasteiger charge is -2.39. The van der Waals surface area contributed by atoms with Gasteiger partial charge in [0.05, 0.1) is 12.2 Å². The third-order valence-corrected chi connectivity index (χ3v) is 5.52. The number of rotatable bonds is 2. The normalized spacial score (nSPS) is 30.1. The lowest BCUT2D eigenvalue weighted by molar-refractivity contribution is -0.137. The van der Waals surface area contributed by atoms with Gasteiger partial charge in [0, 0.05) is 11.0 Å². The van der Waals surface area contributed by atoms with Gasteiger partial charge < -0.3 is 9.84 Å². The van der Waals surface area contributed by atoms with E-state index < -0.39 is 5.60 Å². The topological polar surface area (TPSA) is 46.5 Å². The number of hydrogen-bond donors (Lipinski definition) is 1. The van der Waals surface area contributed by atoms with Gasteiger partial charge in [-0.05, 0) is 77.2 Å². The molecule has 1 saturated carbocycles. The molecular weight excluding hydrogens is 276 g/mol. The largest absolute Gasteiger partial charge is 0.381 e. The predicted molar refractivity (Wildman–Crippen MR) is 86.5 cm³/mol. The van der Waals surface area contributed by atoms with Crippen molar-refractivity contribution in [2.75, 3.05) is 6.61 Å². The van der Waals surface area contributed by atoms with Crippen molar-refractivity contribution in [1.29, 1.82) is 0 Å². The van der Waals surface area contributed by atoms with Crippen molar-refractivity contribution in [3.8, 4) is 0 Å². The molecular formula is C19H26O3. The van der Waals surface area contributed by atoms with Crippen LogP contribution in [0.2, 0.25) is 0 Å². The molecule has 0 aliphatic heterocycles. The summed E-state index contributed by atoms with van der Waals surface area (Å²) in [6.07, 6.45) is 3.70. The van der Waals surface area contributed by atoms with Crippen LogP contribution in [0.5, 0.6) is 0 Å². The van der Waals surface area contributed by atoms with Gasteiger partial charge in [0.2, 0.25) is 0 Å². The van der Waals surface area contributed by atoms with E-state index in [-0.39, 0.29) is 16.8 Å². The molecule has 3 aliphatic carbocycles. The van der Waals surface area contributed by atoms with Gasteiger partial charge in [-0.2, -0.15) is 0 Å². The van der Waals surface area contributed by atoms with Gasteiger partial charge in [-0.1, -0.05) is 5.57 Å². The maximum Gasteiger partial charge on any atom is 0.195 e. The molecule has 0 amide bonds. The number of allylic oxidation sites excluding steroid dienone is 2. The second kappa shape index (κ2) is 4.42. The highest BCUT2D eigenvalue weighted by atomic mass is 16.5. The fourth-order valence-corrected chi connectivity index (χ4v) is 3.89. The number of carbonyl (C=O) groups is 1. The lowest BCUT2D eigenvalue weighted by Crippen LogP contribution is -2.49. The van der Waals surface area contributed by atoms with E-state index in [1.54, 1.807) is 6.92 Å². The Hall–Kier alpha value is -1.19. The molecule has 0 aromatic rings. The number of fused-ring (bicyclic) bond motifs is 1. The standard InChI is InChI=1S/C19H26O3/c1-11-9-13-15(14(11)10-22-17(3,4)5)12(2)19(7-8-19)18(6,21)16(13)20/h9,21H,7-8,10H2,1-6H3/t18-/m0/s1. The Morgan fingerprint density at radius 3 is 2.36 bits per heavy atom. The van der Waals surface area contributed by atoms with Crippen LogP contribution in [0.3, 0.4) is 0 Å². The van der Waals surface area contributed by atoms with Gasteiger partial charge in [0.15, 0.2) is 5.78 Å². The summed E-state index contributed by atoms with van der Waals surface area (Å²) >= 11 is 0. The van der Waals surface area contributed by atoms with Gasteiger partial charge in [-0.25, -0.2) is 0 Å². The fourth-order valence-electron chi connectivity index (χ4n) is 3.89. The minimum Gasteiger partial charge on any atom is -0.381 e. The van der Waals surface area contributed by atoms with Crippen molar-refractivity contribution in [3.05, 3.63) is 33.9 Å². The Bertz CT molecular complexity index is 647. The number of Topliss-reactive ketones (excluding diaryl/α,β-unsaturated/α-hetero) is 1. The Kier molecular flexibility index (Phi) is 3.16. The molecule has 3 nitrogen and oxygen atoms in total. The average molecular weight is 302 g/mol. The van der Waals surface area contributed by atoms with E-state index in [9.17, 15) is 9.90 Å². The molecule has 120 valence electrons. The summed E-state index contributed by atoms with van der Waals surface area (Å²) in [4.78, 5) is 12.8. The zero-order valence-corrected chi connectivity index (χ0v) is 14.5. The molecule has 3 heteroatoms. The second-order valence-electron chi connectivity index (χ2n) is 8.10. The van der Waals surface area contributed by atoms with E-state index in [0.29, 0.717) is 12.2 Å². The zero-order valence-electron chi connectivity index (χ0n) is 14.5. The molecule has 1 spiro atoms. The molecule has 1 N–H and O–H groups in total. The van der Waals surface area contributed by atoms with Crippen molar-refractivity contribution in [2.24, 2.45) is 5.41 Å². The minimum atomic E-state index is -1.27. The summed E-state index contributed by atoms with van der Waals surface area (Å²) in [6, 6.07) is 0. The van der Waals surface area contributed by atoms with E-state index >= 15 is 0 Å². The van der Waals surface area contributed by atoms with Crippen molar-refractivity contribution < 1.29 is 14.6 Å². The fraction of sp³-hybridized carbons (Fsp3) is 0.632. The van der Waals surface area contributed by atoms with Crippen LogP contribution < -0.4 is 0 Å². The molecule has 3 aliphatic rings. The summed E-state index contributed by atoms with van der Waals surface area (Å²) in [5.41, 5.74) is 3.22. The van der Waals surface area contributed by atoms with Crippen LogP contribution in [-0.2, 0) is 9.53 Å². The molecule has 1 fully saturated rings. The first kappa shape index (κ1) is 15.7. The van der Waals surface area contributed by atoms with E-state index in [4.69, 9.17) is 4.74 Å². The molecule has 0 aromatic heterocycles. The smallest absolute Gasteiger partial charge is 0.195 e. The Morgan fingerprint density at radius 1 is 1.27 bits per heavy atom. The van der Waals surface area contributed by atoms with Gasteiger partial charge in [-0.3, -0.25) is 4.79 Å². The Balaban J connectivity index is 2.05. The summed E-state index contributed by atoms with van der Waals surface area (Å²) in [7, 11) is 0. The lowest BCUT2D eigenvalue weighted by atomic mass is 9.67. The second-order valence-corrected chi connectivity index (χ2v) is 8.10. The highest BCUT2D eigenvalue weighted by molar-refractivity contribution is 6.10. The monoisotopic (exact) mass is 302 g/mol. The quantitative estimate of drug-likeness (QED) is 0.849. The average Bonchev–Trinajstić information content (AvgIpc) is 3.13. The van der Waals surface area contributed by atoms with E-state index in [2.05, 4.69) is 6.92 Å². The Labute approximate surface area is 132 Å². The highest BCUT2D eigenvalue weighted by Gasteiger charge is 2.65. The molecule has 1 atom stereocenters. The van der Waals surface area contributed by atoms with E-state index in [1.165, 1.54) is 0 Å². The maximum absolute atomic E-state index is 12.8. The molecule has 0 heterocycles. The summed E-state index contributed by atoms with van der Waals surface area (Å²) in [5.74, 6) is -0.129. The van der Waals surface area contributed by atoms with Crippen LogP contribution in [0.15, 0.2) is 33.9 Å². The van der Waals surface area contributed by atoms with Crippen LogP contribution in [0.1, 0.15) is 54.4 Å². The van der Waals surface area contributed by atoms with Gasteiger partial charge in [0.1, 0.15) is 5.60 Å². The first-order valence-electron chi connectivity index (χ1n) is 8.06. The molecule has 0 aromatic carbocycles. The summed E-state index contributed by atoms with van der Waals surface area (Å²) < 4.78 is 5.96. The molecule has 3 rings (SSSR count). The first-order valence-corrected chi connectivity index (χ1v) is 8.06. The first-order chi connectivity index (χ1) is 10.0. The van der Waals surface area contributed by atoms with Gasteiger partial charge in [-0.15, -0.1) is 0 Å². The van der Waals surface area contributed by atoms with Crippen LogP contribution in [0.25, 0.3) is 0 Å². The number of carbonyl (C=O) groups excluding carboxylic acids is 1. The molecule has 0 saturated heterocycles. The van der Waals surface area contributed by atoms with Crippen LogP contribution in [0.4, 0.5) is 0 Å². The third kappa shape index (κ3) is 1.99. The van der Waals surface area contributed by atoms with Crippen molar-refractivity contribution in [2.45, 2.75) is 65.6 Å². The zero-order chi connectivity index (χ0) is 16.5. The number of hydrogen-bond acceptors (Lipinski definition) is 3. The molecule has 22 heavy (non-hydrogen) atoms. The van der Waals surface area contributed by atoms with Crippen LogP contribution in [0, 0.1) is 5.41 Å². The third-order valence-electron chi connectivity index (χ3n) is 5.52. The van der Waals surface area contributed by atoms with Gasteiger partial charge >= 0.3 is 0 Å². The van der Waals surface area contributed by atoms with Crippen molar-refractivity contribution in [1.82, 2.24) is 0 Å². The SMILES string of the molecule is CC1=C(COC(C)(C)C)C2=C(C)C3(CC3)[C@@](C)(O)C(=O)C2=C1. The minimum absolute atomic E-state index is 0.129. The Morgan fingerprint density at radius 2 is 1.86 bits per heavy atom. The van der Waals surface area contributed by atoms with Crippen LogP contribution >= 0.6 is 0 Å². The van der Waals surface area contributed by atoms with Crippen molar-refractivity contribution in [3.63, 3.8) is 0 Å². The highest BCUT2D eigenvalue weighted by Crippen LogP contribution is 2.64. The number of ketones is 1. The van der Waals surface area contributed by atoms with E-state index in [1.807, 2.05) is 33.8 Å². The van der Waals surface area contributed by atoms with Crippen molar-refractivity contribution >= 4 is 5.78 Å². The number of aliphatic hydroxyl groups is 1. The maximum atomic E-state index is 12.8. The molecule has 0 unspecified atom stereocenters. The van der Waals surface area contributed by atoms with Crippen LogP contribution in [-0.4, -0.2) is 28.7 Å². The molecule has 0 radical (unpaired) electrons. The number of ether oxygens (including phenoxy) is 1. The van der Waals surface area contributed by atoms with E-state index in [0.717, 1.165) is 35.1 Å². The van der Waals surface area contributed by atoms with Gasteiger partial charge in [0.25, 0.3) is 0 Å². The molecule has 0 bridgehead atoms. The predicted octanol–water partition coefficient (Wildman–Crippen LogP) is 3.49. The summed E-state index contributed by atoms with van der Waals surface area (Å²) in [5, 5.41) is 10.8. The summed E-state index contributed by atoms with van der Waals surface area (Å²) in [6.45, 7) is 12.4.